The summed E-state index contributed by atoms with van der Waals surface area (Å²) in [6, 6.07) is 4.09. The molecule has 1 aromatic rings. The molecule has 1 amide bonds. The van der Waals surface area contributed by atoms with Gasteiger partial charge in [-0.05, 0) is 80.0 Å². The summed E-state index contributed by atoms with van der Waals surface area (Å²) >= 11 is 0. The van der Waals surface area contributed by atoms with Gasteiger partial charge in [-0.15, -0.1) is 0 Å². The van der Waals surface area contributed by atoms with E-state index >= 15 is 0 Å². The van der Waals surface area contributed by atoms with E-state index in [0.717, 1.165) is 51.6 Å². The molecule has 33 heavy (non-hydrogen) atoms. The zero-order valence-corrected chi connectivity index (χ0v) is 20.5. The number of amides is 1. The van der Waals surface area contributed by atoms with Crippen LogP contribution in [0.4, 0.5) is 0 Å². The molecule has 0 spiro atoms. The lowest BCUT2D eigenvalue weighted by Crippen LogP contribution is -2.61. The molecule has 0 aromatic heterocycles. The highest BCUT2D eigenvalue weighted by Crippen LogP contribution is 2.61. The molecular formula is C27H40N2O4. The first-order valence-electron chi connectivity index (χ1n) is 12.6. The number of hydrogen-bond donors (Lipinski definition) is 4. The van der Waals surface area contributed by atoms with Crippen LogP contribution in [-0.4, -0.2) is 41.0 Å². The van der Waals surface area contributed by atoms with E-state index in [-0.39, 0.29) is 57.8 Å². The van der Waals surface area contributed by atoms with Gasteiger partial charge in [0.1, 0.15) is 11.5 Å². The van der Waals surface area contributed by atoms with Crippen LogP contribution in [0.25, 0.3) is 0 Å². The summed E-state index contributed by atoms with van der Waals surface area (Å²) in [6.07, 6.45) is 5.76. The number of ketones is 1. The minimum atomic E-state index is -0.296. The van der Waals surface area contributed by atoms with Gasteiger partial charge < -0.3 is 20.8 Å². The lowest BCUT2D eigenvalue weighted by Gasteiger charge is -2.60. The number of carbonyl (C=O) groups is 2. The molecule has 182 valence electrons. The number of nitrogens with one attached hydrogen (secondary N) is 2. The Morgan fingerprint density at radius 2 is 1.67 bits per heavy atom. The maximum Gasteiger partial charge on any atom is 0.223 e. The van der Waals surface area contributed by atoms with Crippen molar-refractivity contribution in [3.05, 3.63) is 23.8 Å². The third-order valence-corrected chi connectivity index (χ3v) is 9.14. The Hall–Kier alpha value is -2.08. The second kappa shape index (κ2) is 8.94. The molecule has 3 fully saturated rings. The average Bonchev–Trinajstić information content (AvgIpc) is 2.74. The van der Waals surface area contributed by atoms with Gasteiger partial charge in [-0.25, -0.2) is 0 Å². The molecule has 1 saturated heterocycles. The highest BCUT2D eigenvalue weighted by atomic mass is 16.3. The molecule has 2 saturated carbocycles. The maximum atomic E-state index is 14.0. The zero-order valence-electron chi connectivity index (χ0n) is 20.5. The fourth-order valence-electron chi connectivity index (χ4n) is 7.46. The van der Waals surface area contributed by atoms with E-state index < -0.39 is 0 Å². The Balaban J connectivity index is 1.68. The third kappa shape index (κ3) is 4.51. The van der Waals surface area contributed by atoms with E-state index in [1.54, 1.807) is 0 Å². The highest BCUT2D eigenvalue weighted by molar-refractivity contribution is 5.99. The second-order valence-corrected chi connectivity index (χ2v) is 11.7. The summed E-state index contributed by atoms with van der Waals surface area (Å²) < 4.78 is 0. The van der Waals surface area contributed by atoms with Gasteiger partial charge in [0.15, 0.2) is 5.78 Å². The molecule has 0 unspecified atom stereocenters. The van der Waals surface area contributed by atoms with Gasteiger partial charge >= 0.3 is 0 Å². The van der Waals surface area contributed by atoms with Crippen LogP contribution >= 0.6 is 0 Å². The molecule has 4 N–H and O–H groups in total. The standard InChI is InChI=1S/C27H40N2O4/c1-16-21(29-25(33)17-6-10-28-11-7-17)15-22-26(2,3)8-5-9-27(22,4)23(16)24(32)18-12-19(30)14-20(31)13-18/h12-14,16-17,21-23,28,30-31H,5-11,15H2,1-4H3,(H,29,33)/t16-,21-,22+,23-,27+/m1/s1. The van der Waals surface area contributed by atoms with Crippen LogP contribution in [0.3, 0.4) is 0 Å². The Morgan fingerprint density at radius 1 is 1.03 bits per heavy atom. The first kappa shape index (κ1) is 24.1. The molecule has 0 bridgehead atoms. The van der Waals surface area contributed by atoms with Gasteiger partial charge in [0.25, 0.3) is 0 Å². The van der Waals surface area contributed by atoms with Crippen molar-refractivity contribution in [2.45, 2.75) is 72.3 Å². The van der Waals surface area contributed by atoms with Crippen LogP contribution in [0.1, 0.15) is 76.6 Å². The van der Waals surface area contributed by atoms with Gasteiger partial charge in [0, 0.05) is 29.5 Å². The fraction of sp³-hybridized carbons (Fsp3) is 0.704. The molecule has 6 nitrogen and oxygen atoms in total. The van der Waals surface area contributed by atoms with Crippen molar-refractivity contribution in [1.82, 2.24) is 10.6 Å². The van der Waals surface area contributed by atoms with Crippen LogP contribution in [-0.2, 0) is 4.79 Å². The summed E-state index contributed by atoms with van der Waals surface area (Å²) in [4.78, 5) is 27.1. The van der Waals surface area contributed by atoms with E-state index in [4.69, 9.17) is 0 Å². The largest absolute Gasteiger partial charge is 0.508 e. The van der Waals surface area contributed by atoms with E-state index in [9.17, 15) is 19.8 Å². The quantitative estimate of drug-likeness (QED) is 0.508. The van der Waals surface area contributed by atoms with Crippen molar-refractivity contribution in [1.29, 1.82) is 0 Å². The van der Waals surface area contributed by atoms with Crippen molar-refractivity contribution >= 4 is 11.7 Å². The second-order valence-electron chi connectivity index (χ2n) is 11.7. The summed E-state index contributed by atoms with van der Waals surface area (Å²) in [7, 11) is 0. The number of Topliss-reactive ketones (excluding diaryl/α,β-unsaturated/α-hetero) is 1. The smallest absolute Gasteiger partial charge is 0.223 e. The van der Waals surface area contributed by atoms with E-state index in [1.165, 1.54) is 18.2 Å². The molecule has 1 aromatic carbocycles. The highest BCUT2D eigenvalue weighted by Gasteiger charge is 2.58. The predicted molar refractivity (Wildman–Crippen MR) is 128 cm³/mol. The molecular weight excluding hydrogens is 416 g/mol. The summed E-state index contributed by atoms with van der Waals surface area (Å²) in [5.41, 5.74) is 0.220. The van der Waals surface area contributed by atoms with Crippen LogP contribution in [0, 0.1) is 34.5 Å². The summed E-state index contributed by atoms with van der Waals surface area (Å²) in [6.45, 7) is 10.7. The SMILES string of the molecule is C[C@@H]1[C@H](NC(=O)C2CCNCC2)C[C@H]2C(C)(C)CCC[C@]2(C)[C@H]1C(=O)c1cc(O)cc(O)c1. The number of phenols is 2. The Kier molecular flexibility index (Phi) is 6.51. The van der Waals surface area contributed by atoms with Gasteiger partial charge in [-0.2, -0.15) is 0 Å². The third-order valence-electron chi connectivity index (χ3n) is 9.14. The molecule has 2 aliphatic carbocycles. The van der Waals surface area contributed by atoms with E-state index in [2.05, 4.69) is 38.3 Å². The van der Waals surface area contributed by atoms with Crippen molar-refractivity contribution in [2.24, 2.45) is 34.5 Å². The molecule has 4 rings (SSSR count). The topological polar surface area (TPSA) is 98.7 Å². The van der Waals surface area contributed by atoms with Gasteiger partial charge in [-0.3, -0.25) is 9.59 Å². The lowest BCUT2D eigenvalue weighted by molar-refractivity contribution is -0.131. The number of fused-ring (bicyclic) bond motifs is 1. The van der Waals surface area contributed by atoms with Crippen LogP contribution < -0.4 is 10.6 Å². The summed E-state index contributed by atoms with van der Waals surface area (Å²) in [5.74, 6) is -0.146. The van der Waals surface area contributed by atoms with E-state index in [1.807, 2.05) is 0 Å². The number of benzene rings is 1. The number of hydrogen-bond acceptors (Lipinski definition) is 5. The average molecular weight is 457 g/mol. The Bertz CT molecular complexity index is 887. The normalized spacial score (nSPS) is 34.3. The Morgan fingerprint density at radius 3 is 2.30 bits per heavy atom. The zero-order chi connectivity index (χ0) is 24.0. The van der Waals surface area contributed by atoms with E-state index in [0.29, 0.717) is 11.5 Å². The van der Waals surface area contributed by atoms with Gasteiger partial charge in [0.2, 0.25) is 5.91 Å². The minimum Gasteiger partial charge on any atom is -0.508 e. The molecule has 1 heterocycles. The Labute approximate surface area is 197 Å². The molecule has 0 radical (unpaired) electrons. The number of aromatic hydroxyl groups is 2. The fourth-order valence-corrected chi connectivity index (χ4v) is 7.46. The first-order valence-corrected chi connectivity index (χ1v) is 12.6. The number of phenolic OH excluding ortho intramolecular Hbond substituents is 2. The molecule has 5 atom stereocenters. The monoisotopic (exact) mass is 456 g/mol. The minimum absolute atomic E-state index is 0.0308. The van der Waals surface area contributed by atoms with Gasteiger partial charge in [0.05, 0.1) is 0 Å². The molecule has 1 aliphatic heterocycles. The number of rotatable bonds is 4. The molecule has 3 aliphatic rings. The predicted octanol–water partition coefficient (Wildman–Crippen LogP) is 4.25. The molecule has 6 heteroatoms. The maximum absolute atomic E-state index is 14.0. The number of piperidine rings is 1. The number of carbonyl (C=O) groups excluding carboxylic acids is 2. The van der Waals surface area contributed by atoms with Crippen LogP contribution in [0.15, 0.2) is 18.2 Å². The van der Waals surface area contributed by atoms with Gasteiger partial charge in [-0.1, -0.05) is 34.1 Å². The first-order chi connectivity index (χ1) is 15.5. The van der Waals surface area contributed by atoms with Crippen molar-refractivity contribution < 1.29 is 19.8 Å². The summed E-state index contributed by atoms with van der Waals surface area (Å²) in [5, 5.41) is 26.7. The van der Waals surface area contributed by atoms with Crippen molar-refractivity contribution in [3.8, 4) is 11.5 Å². The van der Waals surface area contributed by atoms with Crippen molar-refractivity contribution in [3.63, 3.8) is 0 Å². The van der Waals surface area contributed by atoms with Crippen molar-refractivity contribution in [2.75, 3.05) is 13.1 Å². The van der Waals surface area contributed by atoms with Crippen LogP contribution in [0.2, 0.25) is 0 Å². The lowest BCUT2D eigenvalue weighted by atomic mass is 9.45. The van der Waals surface area contributed by atoms with Crippen LogP contribution in [0.5, 0.6) is 11.5 Å².